The number of aromatic nitrogens is 1. The molecule has 0 radical (unpaired) electrons. The smallest absolute Gasteiger partial charge is 0.416 e. The highest BCUT2D eigenvalue weighted by atomic mass is 32.1. The van der Waals surface area contributed by atoms with Crippen LogP contribution in [0.25, 0.3) is 11.3 Å². The standard InChI is InChI=1S/C21H16F3NO3S/c1-27-19(26)14-6-2-12(3-7-14)17-18(13-4-5-13)29-20(25-17)28-16-10-8-15(9-11-16)21(22,23)24/h2-3,6-11,13H,4-5H2,1H3. The maximum absolute atomic E-state index is 12.7. The largest absolute Gasteiger partial charge is 0.465 e. The summed E-state index contributed by atoms with van der Waals surface area (Å²) in [6, 6.07) is 11.5. The Kier molecular flexibility index (Phi) is 5.04. The minimum atomic E-state index is -4.39. The van der Waals surface area contributed by atoms with Crippen molar-refractivity contribution in [1.29, 1.82) is 0 Å². The second-order valence-corrected chi connectivity index (χ2v) is 7.65. The summed E-state index contributed by atoms with van der Waals surface area (Å²) in [4.78, 5) is 17.3. The lowest BCUT2D eigenvalue weighted by Crippen LogP contribution is -2.03. The predicted octanol–water partition coefficient (Wildman–Crippen LogP) is 6.29. The molecule has 0 unspecified atom stereocenters. The number of esters is 1. The first-order valence-corrected chi connectivity index (χ1v) is 9.71. The molecule has 1 saturated carbocycles. The number of benzene rings is 2. The molecule has 8 heteroatoms. The van der Waals surface area contributed by atoms with E-state index in [-0.39, 0.29) is 0 Å². The van der Waals surface area contributed by atoms with Gasteiger partial charge in [-0.1, -0.05) is 23.5 Å². The fourth-order valence-corrected chi connectivity index (χ4v) is 4.00. The highest BCUT2D eigenvalue weighted by molar-refractivity contribution is 7.14. The van der Waals surface area contributed by atoms with Crippen molar-refractivity contribution in [2.75, 3.05) is 7.11 Å². The van der Waals surface area contributed by atoms with Gasteiger partial charge in [-0.25, -0.2) is 9.78 Å². The molecule has 3 aromatic rings. The van der Waals surface area contributed by atoms with E-state index in [1.54, 1.807) is 24.3 Å². The topological polar surface area (TPSA) is 48.4 Å². The van der Waals surface area contributed by atoms with Crippen LogP contribution in [0.4, 0.5) is 13.2 Å². The first-order chi connectivity index (χ1) is 13.8. The molecular weight excluding hydrogens is 403 g/mol. The Morgan fingerprint density at radius 2 is 1.72 bits per heavy atom. The van der Waals surface area contributed by atoms with Crippen LogP contribution in [-0.2, 0) is 10.9 Å². The molecule has 150 valence electrons. The third kappa shape index (κ3) is 4.27. The van der Waals surface area contributed by atoms with Crippen molar-refractivity contribution < 1.29 is 27.4 Å². The lowest BCUT2D eigenvalue weighted by Gasteiger charge is -2.07. The Labute approximate surface area is 168 Å². The van der Waals surface area contributed by atoms with Gasteiger partial charge in [0.2, 0.25) is 0 Å². The number of ether oxygens (including phenoxy) is 2. The van der Waals surface area contributed by atoms with E-state index in [9.17, 15) is 18.0 Å². The minimum absolute atomic E-state index is 0.293. The summed E-state index contributed by atoms with van der Waals surface area (Å²) in [5, 5.41) is 0.374. The second kappa shape index (κ2) is 7.51. The van der Waals surface area contributed by atoms with Crippen molar-refractivity contribution in [3.63, 3.8) is 0 Å². The van der Waals surface area contributed by atoms with Gasteiger partial charge >= 0.3 is 12.1 Å². The summed E-state index contributed by atoms with van der Waals surface area (Å²) in [5.41, 5.74) is 1.34. The Morgan fingerprint density at radius 1 is 1.07 bits per heavy atom. The first kappa shape index (κ1) is 19.4. The number of hydrogen-bond acceptors (Lipinski definition) is 5. The molecule has 1 aliphatic carbocycles. The van der Waals surface area contributed by atoms with Crippen LogP contribution < -0.4 is 4.74 Å². The number of nitrogens with zero attached hydrogens (tertiary/aromatic N) is 1. The van der Waals surface area contributed by atoms with Gasteiger partial charge in [0.25, 0.3) is 5.19 Å². The van der Waals surface area contributed by atoms with Gasteiger partial charge < -0.3 is 9.47 Å². The molecule has 4 nitrogen and oxygen atoms in total. The van der Waals surface area contributed by atoms with Crippen molar-refractivity contribution in [2.24, 2.45) is 0 Å². The monoisotopic (exact) mass is 419 g/mol. The maximum atomic E-state index is 12.7. The van der Waals surface area contributed by atoms with Crippen molar-refractivity contribution in [3.05, 3.63) is 64.5 Å². The number of rotatable bonds is 5. The molecule has 0 amide bonds. The molecule has 0 aliphatic heterocycles. The van der Waals surface area contributed by atoms with E-state index in [1.807, 2.05) is 0 Å². The van der Waals surface area contributed by atoms with Crippen molar-refractivity contribution in [3.8, 4) is 22.2 Å². The molecule has 29 heavy (non-hydrogen) atoms. The van der Waals surface area contributed by atoms with Gasteiger partial charge in [-0.3, -0.25) is 0 Å². The number of hydrogen-bond donors (Lipinski definition) is 0. The van der Waals surface area contributed by atoms with Gasteiger partial charge in [0.15, 0.2) is 0 Å². The molecular formula is C21H16F3NO3S. The number of carbonyl (C=O) groups excluding carboxylic acids is 1. The molecule has 1 heterocycles. The Morgan fingerprint density at radius 3 is 2.28 bits per heavy atom. The van der Waals surface area contributed by atoms with Gasteiger partial charge in [0.1, 0.15) is 5.75 Å². The Bertz CT molecular complexity index is 1020. The number of halogens is 3. The third-order valence-electron chi connectivity index (χ3n) is 4.55. The van der Waals surface area contributed by atoms with E-state index in [2.05, 4.69) is 4.98 Å². The van der Waals surface area contributed by atoms with E-state index < -0.39 is 17.7 Å². The van der Waals surface area contributed by atoms with Crippen LogP contribution in [0.1, 0.15) is 39.6 Å². The number of alkyl halides is 3. The first-order valence-electron chi connectivity index (χ1n) is 8.90. The minimum Gasteiger partial charge on any atom is -0.465 e. The van der Waals surface area contributed by atoms with E-state index in [1.165, 1.54) is 30.6 Å². The third-order valence-corrected chi connectivity index (χ3v) is 5.64. The average Bonchev–Trinajstić information content (AvgIpc) is 3.47. The molecule has 1 aromatic heterocycles. The number of thiazole rings is 1. The van der Waals surface area contributed by atoms with Crippen LogP contribution in [0.15, 0.2) is 48.5 Å². The van der Waals surface area contributed by atoms with Crippen molar-refractivity contribution in [1.82, 2.24) is 4.98 Å². The Hall–Kier alpha value is -2.87. The highest BCUT2D eigenvalue weighted by Crippen LogP contribution is 2.49. The summed E-state index contributed by atoms with van der Waals surface area (Å²) in [7, 11) is 1.33. The molecule has 0 atom stereocenters. The molecule has 1 aliphatic rings. The fourth-order valence-electron chi connectivity index (χ4n) is 2.88. The van der Waals surface area contributed by atoms with Crippen LogP contribution in [0.3, 0.4) is 0 Å². The zero-order valence-electron chi connectivity index (χ0n) is 15.3. The number of methoxy groups -OCH3 is 1. The van der Waals surface area contributed by atoms with E-state index >= 15 is 0 Å². The van der Waals surface area contributed by atoms with Crippen LogP contribution in [0.2, 0.25) is 0 Å². The fraction of sp³-hybridized carbons (Fsp3) is 0.238. The van der Waals surface area contributed by atoms with Gasteiger partial charge in [-0.05, 0) is 55.2 Å². The SMILES string of the molecule is COC(=O)c1ccc(-c2nc(Oc3ccc(C(F)(F)F)cc3)sc2C2CC2)cc1. The summed E-state index contributed by atoms with van der Waals surface area (Å²) < 4.78 is 48.5. The predicted molar refractivity (Wildman–Crippen MR) is 102 cm³/mol. The zero-order chi connectivity index (χ0) is 20.6. The van der Waals surface area contributed by atoms with E-state index in [0.717, 1.165) is 41.1 Å². The Balaban J connectivity index is 1.59. The molecule has 2 aromatic carbocycles. The highest BCUT2D eigenvalue weighted by Gasteiger charge is 2.31. The maximum Gasteiger partial charge on any atom is 0.416 e. The normalized spacial score (nSPS) is 13.9. The number of carbonyl (C=O) groups is 1. The van der Waals surface area contributed by atoms with Gasteiger partial charge in [-0.2, -0.15) is 13.2 Å². The van der Waals surface area contributed by atoms with Crippen molar-refractivity contribution in [2.45, 2.75) is 24.9 Å². The summed E-state index contributed by atoms with van der Waals surface area (Å²) >= 11 is 1.40. The summed E-state index contributed by atoms with van der Waals surface area (Å²) in [6.45, 7) is 0. The van der Waals surface area contributed by atoms with E-state index in [4.69, 9.17) is 9.47 Å². The lowest BCUT2D eigenvalue weighted by molar-refractivity contribution is -0.137. The van der Waals surface area contributed by atoms with Crippen LogP contribution in [-0.4, -0.2) is 18.1 Å². The molecule has 0 N–H and O–H groups in total. The van der Waals surface area contributed by atoms with Gasteiger partial charge in [-0.15, -0.1) is 0 Å². The zero-order valence-corrected chi connectivity index (χ0v) is 16.1. The van der Waals surface area contributed by atoms with Crippen LogP contribution >= 0.6 is 11.3 Å². The summed E-state index contributed by atoms with van der Waals surface area (Å²) in [6.07, 6.45) is -2.26. The molecule has 4 rings (SSSR count). The summed E-state index contributed by atoms with van der Waals surface area (Å²) in [5.74, 6) is 0.290. The molecule has 0 bridgehead atoms. The quantitative estimate of drug-likeness (QED) is 0.456. The van der Waals surface area contributed by atoms with Crippen LogP contribution in [0.5, 0.6) is 10.9 Å². The van der Waals surface area contributed by atoms with E-state index in [0.29, 0.717) is 22.4 Å². The van der Waals surface area contributed by atoms with Gasteiger partial charge in [0.05, 0.1) is 23.9 Å². The van der Waals surface area contributed by atoms with Gasteiger partial charge in [0, 0.05) is 10.4 Å². The van der Waals surface area contributed by atoms with Crippen molar-refractivity contribution >= 4 is 17.3 Å². The molecule has 0 spiro atoms. The lowest BCUT2D eigenvalue weighted by atomic mass is 10.1. The molecule has 1 fully saturated rings. The van der Waals surface area contributed by atoms with Crippen LogP contribution in [0, 0.1) is 0 Å². The second-order valence-electron chi connectivity index (χ2n) is 6.66. The molecule has 0 saturated heterocycles. The average molecular weight is 419 g/mol.